The molecule has 26 heavy (non-hydrogen) atoms. The third-order valence-electron chi connectivity index (χ3n) is 6.40. The van der Waals surface area contributed by atoms with Crippen LogP contribution in [0.2, 0.25) is 5.02 Å². The molecule has 1 nitrogen and oxygen atoms in total. The molecular formula is C23H32ClFO. The molecule has 2 aliphatic rings. The van der Waals surface area contributed by atoms with Crippen LogP contribution < -0.4 is 4.74 Å². The molecule has 0 spiro atoms. The van der Waals surface area contributed by atoms with Crippen LogP contribution in [0.4, 0.5) is 4.39 Å². The van der Waals surface area contributed by atoms with Crippen LogP contribution in [0.15, 0.2) is 18.2 Å². The Hall–Kier alpha value is -1.02. The first-order chi connectivity index (χ1) is 12.6. The molecule has 3 heteroatoms. The van der Waals surface area contributed by atoms with Crippen LogP contribution in [0.1, 0.15) is 77.2 Å². The molecule has 0 N–H and O–H groups in total. The quantitative estimate of drug-likeness (QED) is 0.493. The third-order valence-corrected chi connectivity index (χ3v) is 6.77. The zero-order chi connectivity index (χ0) is 18.5. The predicted molar refractivity (Wildman–Crippen MR) is 108 cm³/mol. The van der Waals surface area contributed by atoms with Gasteiger partial charge in [-0.15, -0.1) is 0 Å². The molecule has 0 saturated heterocycles. The molecule has 0 aliphatic heterocycles. The zero-order valence-electron chi connectivity index (χ0n) is 16.2. The Morgan fingerprint density at radius 3 is 2.46 bits per heavy atom. The summed E-state index contributed by atoms with van der Waals surface area (Å²) in [5.41, 5.74) is 2.05. The fourth-order valence-corrected chi connectivity index (χ4v) is 5.21. The minimum atomic E-state index is -0.428. The molecule has 1 aromatic carbocycles. The van der Waals surface area contributed by atoms with Crippen molar-refractivity contribution >= 4 is 17.2 Å². The average Bonchev–Trinajstić information content (AvgIpc) is 2.67. The molecule has 1 fully saturated rings. The Bertz CT molecular complexity index is 631. The maximum absolute atomic E-state index is 14.4. The Morgan fingerprint density at radius 2 is 1.85 bits per heavy atom. The fraction of sp³-hybridized carbons (Fsp3) is 0.652. The van der Waals surface area contributed by atoms with Crippen molar-refractivity contribution in [3.63, 3.8) is 0 Å². The second kappa shape index (κ2) is 9.26. The van der Waals surface area contributed by atoms with Gasteiger partial charge in [-0.3, -0.25) is 0 Å². The topological polar surface area (TPSA) is 9.23 Å². The summed E-state index contributed by atoms with van der Waals surface area (Å²) in [4.78, 5) is 0. The molecule has 0 heterocycles. The van der Waals surface area contributed by atoms with E-state index < -0.39 is 5.82 Å². The van der Waals surface area contributed by atoms with E-state index >= 15 is 0 Å². The Labute approximate surface area is 163 Å². The summed E-state index contributed by atoms with van der Waals surface area (Å²) in [6.45, 7) is 4.59. The van der Waals surface area contributed by atoms with Crippen molar-refractivity contribution in [2.45, 2.75) is 71.6 Å². The van der Waals surface area contributed by atoms with Crippen LogP contribution in [-0.2, 0) is 0 Å². The average molecular weight is 379 g/mol. The van der Waals surface area contributed by atoms with E-state index in [9.17, 15) is 4.39 Å². The summed E-state index contributed by atoms with van der Waals surface area (Å²) in [6, 6.07) is 3.63. The van der Waals surface area contributed by atoms with Crippen molar-refractivity contribution in [1.82, 2.24) is 0 Å². The normalized spacial score (nSPS) is 26.5. The lowest BCUT2D eigenvalue weighted by atomic mass is 9.70. The molecule has 0 amide bonds. The molecule has 2 aliphatic carbocycles. The van der Waals surface area contributed by atoms with Crippen molar-refractivity contribution in [3.8, 4) is 5.75 Å². The van der Waals surface area contributed by atoms with Crippen molar-refractivity contribution in [2.75, 3.05) is 6.61 Å². The molecule has 144 valence electrons. The highest BCUT2D eigenvalue weighted by atomic mass is 35.5. The molecule has 1 unspecified atom stereocenters. The Kier molecular flexibility index (Phi) is 7.03. The van der Waals surface area contributed by atoms with E-state index in [2.05, 4.69) is 13.0 Å². The molecular weight excluding hydrogens is 347 g/mol. The summed E-state index contributed by atoms with van der Waals surface area (Å²) in [6.07, 6.45) is 14.0. The van der Waals surface area contributed by atoms with Gasteiger partial charge in [0.05, 0.1) is 11.6 Å². The first kappa shape index (κ1) is 19.7. The van der Waals surface area contributed by atoms with Gasteiger partial charge in [0, 0.05) is 0 Å². The number of hydrogen-bond acceptors (Lipinski definition) is 1. The summed E-state index contributed by atoms with van der Waals surface area (Å²) < 4.78 is 19.7. The summed E-state index contributed by atoms with van der Waals surface area (Å²) in [5.74, 6) is 2.47. The van der Waals surface area contributed by atoms with Crippen molar-refractivity contribution < 1.29 is 9.13 Å². The second-order valence-corrected chi connectivity index (χ2v) is 8.38. The number of halogens is 2. The zero-order valence-corrected chi connectivity index (χ0v) is 17.0. The summed E-state index contributed by atoms with van der Waals surface area (Å²) >= 11 is 6.30. The predicted octanol–water partition coefficient (Wildman–Crippen LogP) is 7.67. The van der Waals surface area contributed by atoms with Crippen LogP contribution in [0.25, 0.3) is 5.57 Å². The largest absolute Gasteiger partial charge is 0.491 e. The molecule has 3 rings (SSSR count). The Morgan fingerprint density at radius 1 is 1.08 bits per heavy atom. The lowest BCUT2D eigenvalue weighted by Crippen LogP contribution is -2.23. The lowest BCUT2D eigenvalue weighted by molar-refractivity contribution is 0.189. The summed E-state index contributed by atoms with van der Waals surface area (Å²) in [5, 5.41) is 0.209. The molecule has 1 aromatic rings. The van der Waals surface area contributed by atoms with Crippen molar-refractivity contribution in [1.29, 1.82) is 0 Å². The van der Waals surface area contributed by atoms with Gasteiger partial charge >= 0.3 is 0 Å². The van der Waals surface area contributed by atoms with Gasteiger partial charge in [0.15, 0.2) is 11.6 Å². The SMILES string of the molecule is CCC[C@H]1CC[C@H](C2CC=C(c3ccc(OCC)c(F)c3Cl)CC2)CC1. The molecule has 0 bridgehead atoms. The first-order valence-electron chi connectivity index (χ1n) is 10.4. The van der Waals surface area contributed by atoms with E-state index in [0.29, 0.717) is 6.61 Å². The highest BCUT2D eigenvalue weighted by molar-refractivity contribution is 6.32. The molecule has 0 aromatic heterocycles. The third kappa shape index (κ3) is 4.44. The summed E-state index contributed by atoms with van der Waals surface area (Å²) in [7, 11) is 0. The van der Waals surface area contributed by atoms with Crippen molar-refractivity contribution in [3.05, 3.63) is 34.6 Å². The van der Waals surface area contributed by atoms with Crippen LogP contribution in [0.5, 0.6) is 5.75 Å². The fourth-order valence-electron chi connectivity index (χ4n) is 4.93. The van der Waals surface area contributed by atoms with Crippen LogP contribution in [0, 0.1) is 23.6 Å². The Balaban J connectivity index is 1.62. The minimum Gasteiger partial charge on any atom is -0.491 e. The number of ether oxygens (including phenoxy) is 1. The highest BCUT2D eigenvalue weighted by Gasteiger charge is 2.29. The smallest absolute Gasteiger partial charge is 0.184 e. The van der Waals surface area contributed by atoms with Gasteiger partial charge in [0.1, 0.15) is 0 Å². The molecule has 1 atom stereocenters. The highest BCUT2D eigenvalue weighted by Crippen LogP contribution is 2.43. The van der Waals surface area contributed by atoms with Gasteiger partial charge in [0.2, 0.25) is 0 Å². The standard InChI is InChI=1S/C23H32ClFO/c1-3-5-16-6-8-17(9-7-16)18-10-12-19(13-11-18)20-14-15-21(26-4-2)23(25)22(20)24/h12,14-18H,3-11,13H2,1-2H3/t16-,17-,18?. The van der Waals surface area contributed by atoms with Crippen LogP contribution in [0.3, 0.4) is 0 Å². The second-order valence-electron chi connectivity index (χ2n) is 8.01. The number of allylic oxidation sites excluding steroid dienone is 2. The number of benzene rings is 1. The van der Waals surface area contributed by atoms with E-state index in [0.717, 1.165) is 36.2 Å². The first-order valence-corrected chi connectivity index (χ1v) is 10.8. The molecule has 0 radical (unpaired) electrons. The maximum atomic E-state index is 14.4. The van der Waals surface area contributed by atoms with Crippen LogP contribution in [-0.4, -0.2) is 6.61 Å². The van der Waals surface area contributed by atoms with E-state index in [1.54, 1.807) is 6.07 Å². The van der Waals surface area contributed by atoms with Gasteiger partial charge in [0.25, 0.3) is 0 Å². The van der Waals surface area contributed by atoms with E-state index in [1.807, 2.05) is 13.0 Å². The monoisotopic (exact) mass is 378 g/mol. The van der Waals surface area contributed by atoms with E-state index in [-0.39, 0.29) is 10.8 Å². The maximum Gasteiger partial charge on any atom is 0.184 e. The van der Waals surface area contributed by atoms with Gasteiger partial charge in [-0.1, -0.05) is 50.3 Å². The van der Waals surface area contributed by atoms with E-state index in [4.69, 9.17) is 16.3 Å². The van der Waals surface area contributed by atoms with Gasteiger partial charge in [-0.05, 0) is 80.1 Å². The number of hydrogen-bond donors (Lipinski definition) is 0. The minimum absolute atomic E-state index is 0.209. The van der Waals surface area contributed by atoms with Gasteiger partial charge < -0.3 is 4.74 Å². The van der Waals surface area contributed by atoms with Gasteiger partial charge in [-0.25, -0.2) is 4.39 Å². The van der Waals surface area contributed by atoms with E-state index in [1.165, 1.54) is 50.5 Å². The van der Waals surface area contributed by atoms with Crippen molar-refractivity contribution in [2.24, 2.45) is 17.8 Å². The van der Waals surface area contributed by atoms with Crippen LogP contribution >= 0.6 is 11.6 Å². The molecule has 1 saturated carbocycles. The lowest BCUT2D eigenvalue weighted by Gasteiger charge is -2.35. The van der Waals surface area contributed by atoms with Gasteiger partial charge in [-0.2, -0.15) is 0 Å². The number of rotatable bonds is 6.